The molecule has 0 radical (unpaired) electrons. The fourth-order valence-corrected chi connectivity index (χ4v) is 1.77. The minimum absolute atomic E-state index is 0.170. The van der Waals surface area contributed by atoms with Crippen LogP contribution in [0.4, 0.5) is 0 Å². The molecule has 1 fully saturated rings. The van der Waals surface area contributed by atoms with Crippen molar-refractivity contribution >= 4 is 11.9 Å². The molecule has 74 valence electrons. The molecular formula is C8H13NO4. The second-order valence-corrected chi connectivity index (χ2v) is 3.46. The van der Waals surface area contributed by atoms with Crippen LogP contribution in [0.2, 0.25) is 0 Å². The van der Waals surface area contributed by atoms with Gasteiger partial charge in [-0.2, -0.15) is 0 Å². The average molecular weight is 187 g/mol. The lowest BCUT2D eigenvalue weighted by molar-refractivity contribution is -0.155. The Morgan fingerprint density at radius 1 is 1.08 bits per heavy atom. The van der Waals surface area contributed by atoms with Crippen molar-refractivity contribution in [2.75, 3.05) is 0 Å². The first-order chi connectivity index (χ1) is 6.02. The fourth-order valence-electron chi connectivity index (χ4n) is 1.77. The molecule has 5 nitrogen and oxygen atoms in total. The van der Waals surface area contributed by atoms with Crippen molar-refractivity contribution in [2.45, 2.75) is 25.3 Å². The summed E-state index contributed by atoms with van der Waals surface area (Å²) >= 11 is 0. The van der Waals surface area contributed by atoms with Gasteiger partial charge in [0.2, 0.25) is 0 Å². The summed E-state index contributed by atoms with van der Waals surface area (Å²) in [6.07, 6.45) is 1.24. The van der Waals surface area contributed by atoms with Crippen molar-refractivity contribution in [3.8, 4) is 0 Å². The normalized spacial score (nSPS) is 34.1. The molecule has 0 spiro atoms. The number of carboxylic acid groups (broad SMARTS) is 2. The Balaban J connectivity index is 2.72. The van der Waals surface area contributed by atoms with E-state index in [1.807, 2.05) is 0 Å². The number of hydrogen-bond donors (Lipinski definition) is 3. The number of rotatable bonds is 2. The monoisotopic (exact) mass is 187 g/mol. The quantitative estimate of drug-likeness (QED) is 0.560. The third kappa shape index (κ3) is 2.18. The van der Waals surface area contributed by atoms with Gasteiger partial charge in [-0.25, -0.2) is 0 Å². The van der Waals surface area contributed by atoms with E-state index >= 15 is 0 Å². The first-order valence-corrected chi connectivity index (χ1v) is 4.23. The SMILES string of the molecule is NC1CCC(C(=O)O)C(C(=O)O)C1. The molecule has 0 amide bonds. The van der Waals surface area contributed by atoms with Gasteiger partial charge >= 0.3 is 11.9 Å². The topological polar surface area (TPSA) is 101 Å². The van der Waals surface area contributed by atoms with E-state index in [9.17, 15) is 9.59 Å². The number of nitrogens with two attached hydrogens (primary N) is 1. The maximum absolute atomic E-state index is 10.7. The molecule has 3 atom stereocenters. The summed E-state index contributed by atoms with van der Waals surface area (Å²) in [6.45, 7) is 0. The highest BCUT2D eigenvalue weighted by Gasteiger charge is 2.38. The zero-order chi connectivity index (χ0) is 10.0. The lowest BCUT2D eigenvalue weighted by Gasteiger charge is -2.29. The van der Waals surface area contributed by atoms with Gasteiger partial charge in [0.1, 0.15) is 0 Å². The molecule has 1 aliphatic carbocycles. The molecule has 1 saturated carbocycles. The number of hydrogen-bond acceptors (Lipinski definition) is 3. The van der Waals surface area contributed by atoms with Crippen LogP contribution >= 0.6 is 0 Å². The number of carbonyl (C=O) groups is 2. The number of carboxylic acids is 2. The molecule has 0 aromatic rings. The van der Waals surface area contributed by atoms with Crippen molar-refractivity contribution in [3.63, 3.8) is 0 Å². The van der Waals surface area contributed by atoms with Crippen LogP contribution in [0.15, 0.2) is 0 Å². The van der Waals surface area contributed by atoms with Crippen LogP contribution in [0.3, 0.4) is 0 Å². The Morgan fingerprint density at radius 2 is 1.62 bits per heavy atom. The van der Waals surface area contributed by atoms with E-state index in [-0.39, 0.29) is 12.5 Å². The highest BCUT2D eigenvalue weighted by Crippen LogP contribution is 2.29. The van der Waals surface area contributed by atoms with E-state index in [1.54, 1.807) is 0 Å². The van der Waals surface area contributed by atoms with Gasteiger partial charge in [-0.1, -0.05) is 0 Å². The summed E-state index contributed by atoms with van der Waals surface area (Å²) in [5.74, 6) is -3.67. The summed E-state index contributed by atoms with van der Waals surface area (Å²) < 4.78 is 0. The second kappa shape index (κ2) is 3.74. The number of aliphatic carboxylic acids is 2. The molecular weight excluding hydrogens is 174 g/mol. The average Bonchev–Trinajstić information content (AvgIpc) is 2.03. The van der Waals surface area contributed by atoms with Crippen molar-refractivity contribution in [3.05, 3.63) is 0 Å². The van der Waals surface area contributed by atoms with Crippen LogP contribution in [-0.4, -0.2) is 28.2 Å². The summed E-state index contributed by atoms with van der Waals surface area (Å²) in [7, 11) is 0. The maximum Gasteiger partial charge on any atom is 0.307 e. The van der Waals surface area contributed by atoms with Crippen LogP contribution in [-0.2, 0) is 9.59 Å². The van der Waals surface area contributed by atoms with E-state index in [0.29, 0.717) is 12.8 Å². The van der Waals surface area contributed by atoms with Crippen LogP contribution in [0.25, 0.3) is 0 Å². The first kappa shape index (κ1) is 9.98. The van der Waals surface area contributed by atoms with Crippen molar-refractivity contribution in [1.29, 1.82) is 0 Å². The first-order valence-electron chi connectivity index (χ1n) is 4.23. The molecule has 0 bridgehead atoms. The lowest BCUT2D eigenvalue weighted by Crippen LogP contribution is -2.40. The van der Waals surface area contributed by atoms with Gasteiger partial charge in [0.15, 0.2) is 0 Å². The summed E-state index contributed by atoms with van der Waals surface area (Å²) in [6, 6.07) is -0.170. The molecule has 3 unspecified atom stereocenters. The van der Waals surface area contributed by atoms with E-state index in [0.717, 1.165) is 0 Å². The fraction of sp³-hybridized carbons (Fsp3) is 0.750. The van der Waals surface area contributed by atoms with Crippen molar-refractivity contribution < 1.29 is 19.8 Å². The zero-order valence-electron chi connectivity index (χ0n) is 7.14. The van der Waals surface area contributed by atoms with Gasteiger partial charge in [0, 0.05) is 6.04 Å². The highest BCUT2D eigenvalue weighted by molar-refractivity contribution is 5.80. The molecule has 5 heteroatoms. The molecule has 13 heavy (non-hydrogen) atoms. The Bertz CT molecular complexity index is 228. The highest BCUT2D eigenvalue weighted by atomic mass is 16.4. The standard InChI is InChI=1S/C8H13NO4/c9-4-1-2-5(7(10)11)6(3-4)8(12)13/h4-6H,1-3,9H2,(H,10,11)(H,12,13). The predicted molar refractivity (Wildman–Crippen MR) is 44.1 cm³/mol. The van der Waals surface area contributed by atoms with E-state index < -0.39 is 23.8 Å². The molecule has 0 aromatic heterocycles. The zero-order valence-corrected chi connectivity index (χ0v) is 7.14. The molecule has 4 N–H and O–H groups in total. The van der Waals surface area contributed by atoms with Gasteiger partial charge < -0.3 is 15.9 Å². The Hall–Kier alpha value is -1.10. The predicted octanol–water partition coefficient (Wildman–Crippen LogP) is -0.101. The molecule has 0 heterocycles. The molecule has 0 aliphatic heterocycles. The largest absolute Gasteiger partial charge is 0.481 e. The van der Waals surface area contributed by atoms with Crippen molar-refractivity contribution in [1.82, 2.24) is 0 Å². The van der Waals surface area contributed by atoms with E-state index in [1.165, 1.54) is 0 Å². The molecule has 1 aliphatic rings. The van der Waals surface area contributed by atoms with Gasteiger partial charge in [0.05, 0.1) is 11.8 Å². The summed E-state index contributed by atoms with van der Waals surface area (Å²) in [5.41, 5.74) is 5.57. The molecule has 1 rings (SSSR count). The van der Waals surface area contributed by atoms with Crippen molar-refractivity contribution in [2.24, 2.45) is 17.6 Å². The molecule has 0 aromatic carbocycles. The van der Waals surface area contributed by atoms with Gasteiger partial charge in [-0.05, 0) is 19.3 Å². The minimum atomic E-state index is -1.05. The Labute approximate surface area is 75.5 Å². The van der Waals surface area contributed by atoms with E-state index in [4.69, 9.17) is 15.9 Å². The minimum Gasteiger partial charge on any atom is -0.481 e. The molecule has 0 saturated heterocycles. The van der Waals surface area contributed by atoms with Crippen LogP contribution in [0.1, 0.15) is 19.3 Å². The summed E-state index contributed by atoms with van der Waals surface area (Å²) in [5, 5.41) is 17.5. The van der Waals surface area contributed by atoms with Gasteiger partial charge in [-0.3, -0.25) is 9.59 Å². The Kier molecular flexibility index (Phi) is 2.87. The Morgan fingerprint density at radius 3 is 2.08 bits per heavy atom. The van der Waals surface area contributed by atoms with Crippen LogP contribution in [0, 0.1) is 11.8 Å². The third-order valence-electron chi connectivity index (χ3n) is 2.53. The van der Waals surface area contributed by atoms with Crippen LogP contribution < -0.4 is 5.73 Å². The van der Waals surface area contributed by atoms with E-state index in [2.05, 4.69) is 0 Å². The lowest BCUT2D eigenvalue weighted by atomic mass is 9.77. The smallest absolute Gasteiger partial charge is 0.307 e. The third-order valence-corrected chi connectivity index (χ3v) is 2.53. The van der Waals surface area contributed by atoms with Crippen LogP contribution in [0.5, 0.6) is 0 Å². The second-order valence-electron chi connectivity index (χ2n) is 3.46. The maximum atomic E-state index is 10.7. The summed E-state index contributed by atoms with van der Waals surface area (Å²) in [4.78, 5) is 21.4. The van der Waals surface area contributed by atoms with Gasteiger partial charge in [-0.15, -0.1) is 0 Å². The van der Waals surface area contributed by atoms with Gasteiger partial charge in [0.25, 0.3) is 0 Å².